The molecule has 1 aromatic carbocycles. The van der Waals surface area contributed by atoms with Crippen LogP contribution < -0.4 is 0 Å². The van der Waals surface area contributed by atoms with Gasteiger partial charge in [-0.1, -0.05) is 30.3 Å². The van der Waals surface area contributed by atoms with E-state index in [1.807, 2.05) is 30.3 Å². The summed E-state index contributed by atoms with van der Waals surface area (Å²) in [6.45, 7) is 5.90. The maximum atomic E-state index is 12.9. The van der Waals surface area contributed by atoms with Crippen molar-refractivity contribution in [3.63, 3.8) is 0 Å². The zero-order valence-electron chi connectivity index (χ0n) is 16.5. The number of esters is 1. The van der Waals surface area contributed by atoms with Crippen molar-refractivity contribution in [3.05, 3.63) is 35.9 Å². The van der Waals surface area contributed by atoms with E-state index in [0.29, 0.717) is 19.5 Å². The lowest BCUT2D eigenvalue weighted by molar-refractivity contribution is -0.144. The van der Waals surface area contributed by atoms with E-state index < -0.39 is 29.7 Å². The van der Waals surface area contributed by atoms with Crippen LogP contribution in [0.5, 0.6) is 0 Å². The van der Waals surface area contributed by atoms with Crippen LogP contribution in [-0.2, 0) is 25.5 Å². The van der Waals surface area contributed by atoms with Crippen molar-refractivity contribution in [2.45, 2.75) is 33.2 Å². The molecule has 150 valence electrons. The lowest BCUT2D eigenvalue weighted by Gasteiger charge is -2.38. The smallest absolute Gasteiger partial charge is 0.330 e. The molecule has 0 radical (unpaired) electrons. The topological polar surface area (TPSA) is 79.3 Å². The van der Waals surface area contributed by atoms with E-state index in [2.05, 4.69) is 4.99 Å². The largest absolute Gasteiger partial charge is 0.467 e. The highest BCUT2D eigenvalue weighted by Gasteiger charge is 2.44. The lowest BCUT2D eigenvalue weighted by atomic mass is 9.97. The number of hydrogen-bond donors (Lipinski definition) is 0. The number of aliphatic imine (C=N–C) groups is 1. The number of hydrogen-bond acceptors (Lipinski definition) is 6. The van der Waals surface area contributed by atoms with Crippen LogP contribution in [0.25, 0.3) is 0 Å². The summed E-state index contributed by atoms with van der Waals surface area (Å²) < 4.78 is 4.87. The van der Waals surface area contributed by atoms with Gasteiger partial charge in [0.2, 0.25) is 11.8 Å². The molecule has 28 heavy (non-hydrogen) atoms. The third-order valence-corrected chi connectivity index (χ3v) is 5.08. The molecule has 2 rings (SSSR count). The third-order valence-electron chi connectivity index (χ3n) is 4.64. The van der Waals surface area contributed by atoms with Gasteiger partial charge in [-0.15, -0.1) is 0 Å². The van der Waals surface area contributed by atoms with Crippen molar-refractivity contribution < 1.29 is 19.1 Å². The Bertz CT molecular complexity index is 768. The minimum atomic E-state index is -1.09. The number of carbonyl (C=O) groups is 3. The molecule has 0 aromatic heterocycles. The predicted octanol–water partition coefficient (Wildman–Crippen LogP) is 1.84. The van der Waals surface area contributed by atoms with E-state index in [-0.39, 0.29) is 10.8 Å². The summed E-state index contributed by atoms with van der Waals surface area (Å²) in [4.78, 5) is 45.2. The Morgan fingerprint density at radius 2 is 1.68 bits per heavy atom. The molecule has 0 spiro atoms. The highest BCUT2D eigenvalue weighted by atomic mass is 32.1. The molecule has 0 N–H and O–H groups in total. The summed E-state index contributed by atoms with van der Waals surface area (Å²) in [5, 5.41) is 0.206. The number of carbonyl (C=O) groups excluding carboxylic acids is 3. The van der Waals surface area contributed by atoms with Gasteiger partial charge in [-0.3, -0.25) is 24.4 Å². The highest BCUT2D eigenvalue weighted by Crippen LogP contribution is 2.21. The lowest BCUT2D eigenvalue weighted by Crippen LogP contribution is -2.61. The van der Waals surface area contributed by atoms with Crippen molar-refractivity contribution in [3.8, 4) is 0 Å². The summed E-state index contributed by atoms with van der Waals surface area (Å²) in [7, 11) is 1.29. The monoisotopic (exact) mass is 403 g/mol. The molecule has 1 fully saturated rings. The molecule has 1 heterocycles. The van der Waals surface area contributed by atoms with Crippen LogP contribution >= 0.6 is 12.2 Å². The van der Waals surface area contributed by atoms with Crippen LogP contribution in [0, 0.1) is 5.92 Å². The zero-order chi connectivity index (χ0) is 20.8. The Labute approximate surface area is 170 Å². The van der Waals surface area contributed by atoms with Crippen LogP contribution in [0.2, 0.25) is 0 Å². The summed E-state index contributed by atoms with van der Waals surface area (Å²) in [5.41, 5.74) is 1.18. The van der Waals surface area contributed by atoms with Crippen LogP contribution in [0.15, 0.2) is 35.3 Å². The van der Waals surface area contributed by atoms with Crippen LogP contribution in [0.3, 0.4) is 0 Å². The van der Waals surface area contributed by atoms with Crippen molar-refractivity contribution in [2.24, 2.45) is 10.9 Å². The maximum absolute atomic E-state index is 12.9. The maximum Gasteiger partial charge on any atom is 0.330 e. The van der Waals surface area contributed by atoms with Gasteiger partial charge < -0.3 is 4.74 Å². The Morgan fingerprint density at radius 1 is 1.14 bits per heavy atom. The molecule has 1 saturated heterocycles. The highest BCUT2D eigenvalue weighted by molar-refractivity contribution is 7.80. The Morgan fingerprint density at radius 3 is 2.14 bits per heavy atom. The fourth-order valence-corrected chi connectivity index (χ4v) is 3.60. The molecular weight excluding hydrogens is 378 g/mol. The molecule has 2 amide bonds. The average Bonchev–Trinajstić information content (AvgIpc) is 2.68. The second kappa shape index (κ2) is 9.54. The van der Waals surface area contributed by atoms with Gasteiger partial charge in [0.25, 0.3) is 0 Å². The Balaban J connectivity index is 2.37. The first-order chi connectivity index (χ1) is 13.3. The Hall–Kier alpha value is -2.61. The van der Waals surface area contributed by atoms with Gasteiger partial charge in [0.15, 0.2) is 17.1 Å². The molecule has 1 atom stereocenters. The SMILES string of the molecule is CCN1C(=O)C(C(C)=N[C@H](Cc2ccccc2)C(=O)OC)C(=O)N(CC)C1=S. The summed E-state index contributed by atoms with van der Waals surface area (Å²) in [6.07, 6.45) is 0.313. The summed E-state index contributed by atoms with van der Waals surface area (Å²) >= 11 is 5.27. The quantitative estimate of drug-likeness (QED) is 0.300. The van der Waals surface area contributed by atoms with Gasteiger partial charge >= 0.3 is 5.97 Å². The van der Waals surface area contributed by atoms with Gasteiger partial charge in [0.1, 0.15) is 0 Å². The zero-order valence-corrected chi connectivity index (χ0v) is 17.4. The minimum Gasteiger partial charge on any atom is -0.467 e. The van der Waals surface area contributed by atoms with E-state index in [9.17, 15) is 14.4 Å². The summed E-state index contributed by atoms with van der Waals surface area (Å²) in [6, 6.07) is 8.54. The molecule has 1 aliphatic heterocycles. The van der Waals surface area contributed by atoms with E-state index in [4.69, 9.17) is 17.0 Å². The predicted molar refractivity (Wildman–Crippen MR) is 110 cm³/mol. The van der Waals surface area contributed by atoms with Gasteiger partial charge in [-0.05, 0) is 38.6 Å². The molecule has 0 unspecified atom stereocenters. The summed E-state index contributed by atoms with van der Waals surface area (Å²) in [5.74, 6) is -2.43. The van der Waals surface area contributed by atoms with Crippen LogP contribution in [0.4, 0.5) is 0 Å². The normalized spacial score (nSPS) is 17.1. The van der Waals surface area contributed by atoms with E-state index in [1.165, 1.54) is 16.9 Å². The second-order valence-electron chi connectivity index (χ2n) is 6.38. The van der Waals surface area contributed by atoms with Crippen molar-refractivity contribution in [2.75, 3.05) is 20.2 Å². The minimum absolute atomic E-state index is 0.206. The van der Waals surface area contributed by atoms with E-state index >= 15 is 0 Å². The van der Waals surface area contributed by atoms with Gasteiger partial charge in [-0.25, -0.2) is 4.79 Å². The molecular formula is C20H25N3O4S. The first-order valence-electron chi connectivity index (χ1n) is 9.18. The number of benzene rings is 1. The van der Waals surface area contributed by atoms with Gasteiger partial charge in [0.05, 0.1) is 7.11 Å². The number of nitrogens with zero attached hydrogens (tertiary/aromatic N) is 3. The van der Waals surface area contributed by atoms with Crippen LogP contribution in [-0.4, -0.2) is 64.6 Å². The number of methoxy groups -OCH3 is 1. The van der Waals surface area contributed by atoms with Crippen molar-refractivity contribution >= 4 is 40.8 Å². The first-order valence-corrected chi connectivity index (χ1v) is 9.59. The van der Waals surface area contributed by atoms with Crippen molar-refractivity contribution in [1.82, 2.24) is 9.80 Å². The number of ether oxygens (including phenoxy) is 1. The van der Waals surface area contributed by atoms with Crippen LogP contribution in [0.1, 0.15) is 26.3 Å². The van der Waals surface area contributed by atoms with Crippen molar-refractivity contribution in [1.29, 1.82) is 0 Å². The standard InChI is InChI=1S/C20H25N3O4S/c1-5-22-17(24)16(18(25)23(6-2)20(22)28)13(3)21-15(19(26)27-4)12-14-10-8-7-9-11-14/h7-11,15-16H,5-6,12H2,1-4H3/t15-/m1/s1. The molecule has 0 saturated carbocycles. The number of rotatable bonds is 7. The van der Waals surface area contributed by atoms with Gasteiger partial charge in [-0.2, -0.15) is 0 Å². The molecule has 1 aliphatic rings. The van der Waals surface area contributed by atoms with E-state index in [1.54, 1.807) is 20.8 Å². The molecule has 7 nitrogen and oxygen atoms in total. The third kappa shape index (κ3) is 4.44. The fourth-order valence-electron chi connectivity index (χ4n) is 3.17. The first kappa shape index (κ1) is 21.7. The average molecular weight is 404 g/mol. The number of amides is 2. The molecule has 0 bridgehead atoms. The molecule has 8 heteroatoms. The number of thiocarbonyl (C=S) groups is 1. The second-order valence-corrected chi connectivity index (χ2v) is 6.74. The van der Waals surface area contributed by atoms with E-state index in [0.717, 1.165) is 5.56 Å². The molecule has 1 aromatic rings. The Kier molecular flexibility index (Phi) is 7.39. The molecule has 0 aliphatic carbocycles. The fraction of sp³-hybridized carbons (Fsp3) is 0.450. The van der Waals surface area contributed by atoms with Gasteiger partial charge in [0, 0.05) is 25.2 Å².